The molecule has 0 spiro atoms. The van der Waals surface area contributed by atoms with Crippen LogP contribution in [0.15, 0.2) is 18.2 Å². The number of rotatable bonds is 8. The SMILES string of the molecule is CCCCN(CC)c1ccc(CNCC)cc1Cl. The molecule has 3 heteroatoms. The van der Waals surface area contributed by atoms with Gasteiger partial charge in [0.1, 0.15) is 0 Å². The summed E-state index contributed by atoms with van der Waals surface area (Å²) in [6.07, 6.45) is 2.43. The quantitative estimate of drug-likeness (QED) is 0.764. The van der Waals surface area contributed by atoms with Crippen molar-refractivity contribution < 1.29 is 0 Å². The molecule has 2 nitrogen and oxygen atoms in total. The maximum Gasteiger partial charge on any atom is 0.0642 e. The van der Waals surface area contributed by atoms with E-state index in [4.69, 9.17) is 11.6 Å². The molecule has 0 saturated carbocycles. The summed E-state index contributed by atoms with van der Waals surface area (Å²) in [5.41, 5.74) is 2.41. The van der Waals surface area contributed by atoms with Gasteiger partial charge >= 0.3 is 0 Å². The molecule has 0 amide bonds. The van der Waals surface area contributed by atoms with Gasteiger partial charge in [-0.05, 0) is 37.6 Å². The summed E-state index contributed by atoms with van der Waals surface area (Å²) >= 11 is 6.39. The number of unbranched alkanes of at least 4 members (excludes halogenated alkanes) is 1. The Kier molecular flexibility index (Phi) is 7.14. The Bertz CT molecular complexity index is 352. The van der Waals surface area contributed by atoms with Crippen molar-refractivity contribution in [3.8, 4) is 0 Å². The molecular weight excluding hydrogens is 244 g/mol. The van der Waals surface area contributed by atoms with Gasteiger partial charge in [0.15, 0.2) is 0 Å². The first-order valence-corrected chi connectivity index (χ1v) is 7.34. The van der Waals surface area contributed by atoms with Gasteiger partial charge in [0.05, 0.1) is 10.7 Å². The minimum Gasteiger partial charge on any atom is -0.371 e. The molecule has 0 aromatic heterocycles. The van der Waals surface area contributed by atoms with E-state index in [0.29, 0.717) is 0 Å². The van der Waals surface area contributed by atoms with E-state index < -0.39 is 0 Å². The summed E-state index contributed by atoms with van der Waals surface area (Å²) in [7, 11) is 0. The third kappa shape index (κ3) is 4.51. The number of hydrogen-bond donors (Lipinski definition) is 1. The topological polar surface area (TPSA) is 15.3 Å². The lowest BCUT2D eigenvalue weighted by molar-refractivity contribution is 0.723. The van der Waals surface area contributed by atoms with E-state index >= 15 is 0 Å². The maximum atomic E-state index is 6.39. The average molecular weight is 269 g/mol. The fraction of sp³-hybridized carbons (Fsp3) is 0.600. The molecule has 1 aromatic rings. The molecule has 0 radical (unpaired) electrons. The minimum absolute atomic E-state index is 0.864. The Morgan fingerprint density at radius 1 is 1.22 bits per heavy atom. The second-order valence-corrected chi connectivity index (χ2v) is 4.91. The zero-order valence-electron chi connectivity index (χ0n) is 11.8. The third-order valence-electron chi connectivity index (χ3n) is 3.10. The molecule has 0 unspecified atom stereocenters. The van der Waals surface area contributed by atoms with Crippen LogP contribution in [0, 0.1) is 0 Å². The van der Waals surface area contributed by atoms with Crippen LogP contribution >= 0.6 is 11.6 Å². The highest BCUT2D eigenvalue weighted by molar-refractivity contribution is 6.33. The monoisotopic (exact) mass is 268 g/mol. The highest BCUT2D eigenvalue weighted by Crippen LogP contribution is 2.27. The number of benzene rings is 1. The molecule has 1 aromatic carbocycles. The lowest BCUT2D eigenvalue weighted by Gasteiger charge is -2.24. The van der Waals surface area contributed by atoms with Gasteiger partial charge in [-0.3, -0.25) is 0 Å². The Morgan fingerprint density at radius 2 is 2.00 bits per heavy atom. The maximum absolute atomic E-state index is 6.39. The third-order valence-corrected chi connectivity index (χ3v) is 3.40. The number of halogens is 1. The smallest absolute Gasteiger partial charge is 0.0642 e. The van der Waals surface area contributed by atoms with Crippen molar-refractivity contribution in [1.82, 2.24) is 5.32 Å². The van der Waals surface area contributed by atoms with E-state index in [0.717, 1.165) is 36.9 Å². The number of hydrogen-bond acceptors (Lipinski definition) is 2. The van der Waals surface area contributed by atoms with Gasteiger partial charge in [0.2, 0.25) is 0 Å². The second-order valence-electron chi connectivity index (χ2n) is 4.50. The molecule has 102 valence electrons. The first kappa shape index (κ1) is 15.3. The summed E-state index contributed by atoms with van der Waals surface area (Å²) in [5, 5.41) is 4.18. The molecule has 0 atom stereocenters. The van der Waals surface area contributed by atoms with Crippen molar-refractivity contribution in [1.29, 1.82) is 0 Å². The van der Waals surface area contributed by atoms with Gasteiger partial charge in [0.25, 0.3) is 0 Å². The molecule has 1 rings (SSSR count). The fourth-order valence-electron chi connectivity index (χ4n) is 1.98. The van der Waals surface area contributed by atoms with Crippen LogP contribution < -0.4 is 10.2 Å². The van der Waals surface area contributed by atoms with E-state index in [-0.39, 0.29) is 0 Å². The number of anilines is 1. The van der Waals surface area contributed by atoms with E-state index in [1.807, 2.05) is 0 Å². The van der Waals surface area contributed by atoms with Crippen LogP contribution in [-0.2, 0) is 6.54 Å². The molecule has 18 heavy (non-hydrogen) atoms. The van der Waals surface area contributed by atoms with E-state index in [1.54, 1.807) is 0 Å². The first-order chi connectivity index (χ1) is 8.72. The van der Waals surface area contributed by atoms with E-state index in [9.17, 15) is 0 Å². The summed E-state index contributed by atoms with van der Waals surface area (Å²) in [5.74, 6) is 0. The molecule has 0 aliphatic carbocycles. The van der Waals surface area contributed by atoms with Crippen LogP contribution in [0.25, 0.3) is 0 Å². The van der Waals surface area contributed by atoms with Crippen molar-refractivity contribution in [2.24, 2.45) is 0 Å². The van der Waals surface area contributed by atoms with Gasteiger partial charge in [-0.2, -0.15) is 0 Å². The van der Waals surface area contributed by atoms with Crippen LogP contribution in [-0.4, -0.2) is 19.6 Å². The highest BCUT2D eigenvalue weighted by atomic mass is 35.5. The lowest BCUT2D eigenvalue weighted by atomic mass is 10.2. The highest BCUT2D eigenvalue weighted by Gasteiger charge is 2.08. The predicted octanol–water partition coefficient (Wildman–Crippen LogP) is 4.08. The van der Waals surface area contributed by atoms with Crippen LogP contribution in [0.3, 0.4) is 0 Å². The summed E-state index contributed by atoms with van der Waals surface area (Å²) < 4.78 is 0. The Hall–Kier alpha value is -0.730. The zero-order valence-corrected chi connectivity index (χ0v) is 12.6. The van der Waals surface area contributed by atoms with Crippen molar-refractivity contribution in [3.63, 3.8) is 0 Å². The Labute approximate surface area is 116 Å². The summed E-state index contributed by atoms with van der Waals surface area (Å²) in [6, 6.07) is 6.39. The van der Waals surface area contributed by atoms with Crippen LogP contribution in [0.4, 0.5) is 5.69 Å². The first-order valence-electron chi connectivity index (χ1n) is 6.97. The number of nitrogens with zero attached hydrogens (tertiary/aromatic N) is 1. The zero-order chi connectivity index (χ0) is 13.4. The fourth-order valence-corrected chi connectivity index (χ4v) is 2.31. The number of nitrogens with one attached hydrogen (secondary N) is 1. The summed E-state index contributed by atoms with van der Waals surface area (Å²) in [6.45, 7) is 10.5. The molecular formula is C15H25ClN2. The minimum atomic E-state index is 0.864. The van der Waals surface area contributed by atoms with Gasteiger partial charge in [-0.1, -0.05) is 37.9 Å². The molecule has 0 bridgehead atoms. The van der Waals surface area contributed by atoms with Crippen LogP contribution in [0.5, 0.6) is 0 Å². The molecule has 0 aliphatic rings. The van der Waals surface area contributed by atoms with Gasteiger partial charge in [-0.15, -0.1) is 0 Å². The van der Waals surface area contributed by atoms with Crippen molar-refractivity contribution in [2.75, 3.05) is 24.5 Å². The van der Waals surface area contributed by atoms with E-state index in [1.165, 1.54) is 18.4 Å². The molecule has 0 heterocycles. The lowest BCUT2D eigenvalue weighted by Crippen LogP contribution is -2.24. The molecule has 0 fully saturated rings. The Morgan fingerprint density at radius 3 is 2.56 bits per heavy atom. The molecule has 0 saturated heterocycles. The molecule has 1 N–H and O–H groups in total. The largest absolute Gasteiger partial charge is 0.371 e. The van der Waals surface area contributed by atoms with Gasteiger partial charge in [0, 0.05) is 19.6 Å². The second kappa shape index (κ2) is 8.39. The van der Waals surface area contributed by atoms with Gasteiger partial charge in [-0.25, -0.2) is 0 Å². The Balaban J connectivity index is 2.75. The van der Waals surface area contributed by atoms with Crippen LogP contribution in [0.2, 0.25) is 5.02 Å². The van der Waals surface area contributed by atoms with Crippen LogP contribution in [0.1, 0.15) is 39.2 Å². The summed E-state index contributed by atoms with van der Waals surface area (Å²) in [4.78, 5) is 2.35. The predicted molar refractivity (Wildman–Crippen MR) is 81.6 cm³/mol. The van der Waals surface area contributed by atoms with Crippen molar-refractivity contribution in [3.05, 3.63) is 28.8 Å². The van der Waals surface area contributed by atoms with Gasteiger partial charge < -0.3 is 10.2 Å². The standard InChI is InChI=1S/C15H25ClN2/c1-4-7-10-18(6-3)15-9-8-13(11-14(15)16)12-17-5-2/h8-9,11,17H,4-7,10,12H2,1-3H3. The molecule has 0 aliphatic heterocycles. The van der Waals surface area contributed by atoms with Crippen molar-refractivity contribution in [2.45, 2.75) is 40.2 Å². The normalized spacial score (nSPS) is 10.7. The average Bonchev–Trinajstić information content (AvgIpc) is 2.39. The van der Waals surface area contributed by atoms with Crippen molar-refractivity contribution >= 4 is 17.3 Å². The van der Waals surface area contributed by atoms with E-state index in [2.05, 4.69) is 49.2 Å².